The second-order valence-electron chi connectivity index (χ2n) is 6.81. The summed E-state index contributed by atoms with van der Waals surface area (Å²) < 4.78 is 25.9. The van der Waals surface area contributed by atoms with Gasteiger partial charge in [0.1, 0.15) is 17.1 Å². The molecule has 2 aromatic heterocycles. The largest absolute Gasteiger partial charge is 0.494 e. The van der Waals surface area contributed by atoms with Gasteiger partial charge in [-0.2, -0.15) is 4.39 Å². The summed E-state index contributed by atoms with van der Waals surface area (Å²) in [5, 5.41) is 0. The van der Waals surface area contributed by atoms with Crippen molar-refractivity contribution in [2.75, 3.05) is 14.2 Å². The number of esters is 1. The van der Waals surface area contributed by atoms with Gasteiger partial charge in [-0.3, -0.25) is 0 Å². The molecule has 140 valence electrons. The highest BCUT2D eigenvalue weighted by molar-refractivity contribution is 5.97. The van der Waals surface area contributed by atoms with Gasteiger partial charge < -0.3 is 14.0 Å². The molecule has 1 aliphatic rings. The molecule has 1 aromatic carbocycles. The van der Waals surface area contributed by atoms with Crippen LogP contribution in [-0.2, 0) is 18.2 Å². The van der Waals surface area contributed by atoms with E-state index in [-0.39, 0.29) is 0 Å². The molecular formula is C20H20FN3O3. The molecule has 6 nitrogen and oxygen atoms in total. The highest BCUT2D eigenvalue weighted by atomic mass is 19.1. The van der Waals surface area contributed by atoms with Crippen LogP contribution in [0.1, 0.15) is 28.9 Å². The topological polar surface area (TPSA) is 66.2 Å². The molecule has 0 unspecified atom stereocenters. The predicted molar refractivity (Wildman–Crippen MR) is 98.2 cm³/mol. The molecule has 27 heavy (non-hydrogen) atoms. The van der Waals surface area contributed by atoms with E-state index in [9.17, 15) is 9.18 Å². The van der Waals surface area contributed by atoms with Crippen molar-refractivity contribution in [3.05, 3.63) is 41.5 Å². The first-order valence-corrected chi connectivity index (χ1v) is 8.80. The van der Waals surface area contributed by atoms with E-state index >= 15 is 0 Å². The number of carbonyl (C=O) groups excluding carboxylic acids is 1. The van der Waals surface area contributed by atoms with Gasteiger partial charge in [0, 0.05) is 12.6 Å². The number of halogens is 1. The van der Waals surface area contributed by atoms with Gasteiger partial charge in [-0.25, -0.2) is 14.8 Å². The van der Waals surface area contributed by atoms with Crippen molar-refractivity contribution in [3.8, 4) is 17.1 Å². The normalized spacial score (nSPS) is 13.8. The number of fused-ring (bicyclic) bond motifs is 1. The molecule has 0 saturated heterocycles. The predicted octanol–water partition coefficient (Wildman–Crippen LogP) is 3.52. The Bertz CT molecular complexity index is 1040. The first-order chi connectivity index (χ1) is 13.0. The minimum absolute atomic E-state index is 0.363. The van der Waals surface area contributed by atoms with Crippen molar-refractivity contribution in [2.45, 2.75) is 19.3 Å². The molecule has 0 N–H and O–H groups in total. The molecule has 1 saturated carbocycles. The second kappa shape index (κ2) is 6.64. The summed E-state index contributed by atoms with van der Waals surface area (Å²) in [5.41, 5.74) is 3.23. The van der Waals surface area contributed by atoms with Gasteiger partial charge in [0.25, 0.3) is 0 Å². The Balaban J connectivity index is 1.90. The lowest BCUT2D eigenvalue weighted by Crippen LogP contribution is -2.03. The Labute approximate surface area is 155 Å². The van der Waals surface area contributed by atoms with Crippen LogP contribution in [0.2, 0.25) is 0 Å². The number of aryl methyl sites for hydroxylation is 1. The zero-order chi connectivity index (χ0) is 19.1. The molecule has 4 rings (SSSR count). The number of imidazole rings is 1. The van der Waals surface area contributed by atoms with E-state index in [0.29, 0.717) is 34.3 Å². The van der Waals surface area contributed by atoms with E-state index < -0.39 is 11.9 Å². The van der Waals surface area contributed by atoms with Gasteiger partial charge in [0.15, 0.2) is 0 Å². The number of aromatic nitrogens is 3. The minimum Gasteiger partial charge on any atom is -0.494 e. The molecular weight excluding hydrogens is 349 g/mol. The van der Waals surface area contributed by atoms with Gasteiger partial charge in [-0.1, -0.05) is 0 Å². The quantitative estimate of drug-likeness (QED) is 0.508. The summed E-state index contributed by atoms with van der Waals surface area (Å²) in [5.74, 6) is 0.800. The number of hydrogen-bond donors (Lipinski definition) is 0. The Morgan fingerprint density at radius 1 is 1.26 bits per heavy atom. The number of benzene rings is 1. The number of nitrogens with zero attached hydrogens (tertiary/aromatic N) is 3. The van der Waals surface area contributed by atoms with Crippen molar-refractivity contribution in [1.29, 1.82) is 0 Å². The Morgan fingerprint density at radius 2 is 2.04 bits per heavy atom. The third kappa shape index (κ3) is 3.13. The zero-order valence-corrected chi connectivity index (χ0v) is 15.5. The van der Waals surface area contributed by atoms with Crippen LogP contribution >= 0.6 is 0 Å². The van der Waals surface area contributed by atoms with Crippen LogP contribution in [0.3, 0.4) is 0 Å². The SMILES string of the molecule is COC(=O)c1cc(OC)c2c(c1)nc(-c1ccc(F)nc1CC1CC1)n2C. The monoisotopic (exact) mass is 369 g/mol. The highest BCUT2D eigenvalue weighted by Crippen LogP contribution is 2.37. The molecule has 1 fully saturated rings. The van der Waals surface area contributed by atoms with Gasteiger partial charge in [0.05, 0.1) is 31.0 Å². The number of pyridine rings is 1. The summed E-state index contributed by atoms with van der Waals surface area (Å²) in [6.07, 6.45) is 3.04. The smallest absolute Gasteiger partial charge is 0.338 e. The molecule has 3 aromatic rings. The molecule has 0 amide bonds. The maximum absolute atomic E-state index is 13.7. The van der Waals surface area contributed by atoms with Crippen molar-refractivity contribution in [2.24, 2.45) is 13.0 Å². The average Bonchev–Trinajstić information content (AvgIpc) is 3.42. The van der Waals surface area contributed by atoms with Gasteiger partial charge in [-0.15, -0.1) is 0 Å². The number of hydrogen-bond acceptors (Lipinski definition) is 5. The third-order valence-electron chi connectivity index (χ3n) is 4.94. The average molecular weight is 369 g/mol. The van der Waals surface area contributed by atoms with Crippen LogP contribution < -0.4 is 4.74 Å². The first-order valence-electron chi connectivity index (χ1n) is 8.80. The van der Waals surface area contributed by atoms with Crippen LogP contribution in [0.4, 0.5) is 4.39 Å². The summed E-state index contributed by atoms with van der Waals surface area (Å²) in [6, 6.07) is 6.37. The molecule has 2 heterocycles. The minimum atomic E-state index is -0.487. The number of carbonyl (C=O) groups is 1. The first kappa shape index (κ1) is 17.5. The number of ether oxygens (including phenoxy) is 2. The second-order valence-corrected chi connectivity index (χ2v) is 6.81. The fourth-order valence-electron chi connectivity index (χ4n) is 3.37. The lowest BCUT2D eigenvalue weighted by molar-refractivity contribution is 0.0600. The van der Waals surface area contributed by atoms with E-state index in [1.807, 2.05) is 11.6 Å². The van der Waals surface area contributed by atoms with Crippen molar-refractivity contribution >= 4 is 17.0 Å². The highest BCUT2D eigenvalue weighted by Gasteiger charge is 2.26. The Hall–Kier alpha value is -2.96. The summed E-state index contributed by atoms with van der Waals surface area (Å²) >= 11 is 0. The molecule has 0 spiro atoms. The van der Waals surface area contributed by atoms with Crippen LogP contribution in [0.25, 0.3) is 22.4 Å². The van der Waals surface area contributed by atoms with Gasteiger partial charge in [0.2, 0.25) is 5.95 Å². The lowest BCUT2D eigenvalue weighted by Gasteiger charge is -2.10. The Kier molecular flexibility index (Phi) is 4.30. The molecule has 0 radical (unpaired) electrons. The number of methoxy groups -OCH3 is 2. The molecule has 0 aliphatic heterocycles. The zero-order valence-electron chi connectivity index (χ0n) is 15.5. The van der Waals surface area contributed by atoms with Crippen LogP contribution in [0, 0.1) is 11.9 Å². The van der Waals surface area contributed by atoms with E-state index in [1.54, 1.807) is 25.3 Å². The Morgan fingerprint density at radius 3 is 2.70 bits per heavy atom. The maximum Gasteiger partial charge on any atom is 0.338 e. The van der Waals surface area contributed by atoms with Crippen LogP contribution in [0.15, 0.2) is 24.3 Å². The van der Waals surface area contributed by atoms with Crippen LogP contribution in [-0.4, -0.2) is 34.7 Å². The molecule has 1 aliphatic carbocycles. The van der Waals surface area contributed by atoms with E-state index in [2.05, 4.69) is 4.98 Å². The van der Waals surface area contributed by atoms with E-state index in [4.69, 9.17) is 14.5 Å². The molecule has 0 atom stereocenters. The van der Waals surface area contributed by atoms with Crippen LogP contribution in [0.5, 0.6) is 5.75 Å². The summed E-state index contributed by atoms with van der Waals surface area (Å²) in [4.78, 5) is 20.8. The lowest BCUT2D eigenvalue weighted by atomic mass is 10.1. The fourth-order valence-corrected chi connectivity index (χ4v) is 3.37. The van der Waals surface area contributed by atoms with Crippen molar-refractivity contribution in [3.63, 3.8) is 0 Å². The fraction of sp³-hybridized carbons (Fsp3) is 0.350. The third-order valence-corrected chi connectivity index (χ3v) is 4.94. The summed E-state index contributed by atoms with van der Waals surface area (Å²) in [6.45, 7) is 0. The van der Waals surface area contributed by atoms with Gasteiger partial charge in [-0.05, 0) is 49.4 Å². The van der Waals surface area contributed by atoms with Crippen molar-refractivity contribution < 1.29 is 18.7 Å². The molecule has 0 bridgehead atoms. The van der Waals surface area contributed by atoms with E-state index in [1.165, 1.54) is 13.2 Å². The maximum atomic E-state index is 13.7. The molecule has 7 heteroatoms. The number of rotatable bonds is 5. The standard InChI is InChI=1S/C20H20FN3O3/c1-24-18-15(9-12(20(25)27-3)10-16(18)26-2)23-19(24)13-6-7-17(21)22-14(13)8-11-4-5-11/h6-7,9-11H,4-5,8H2,1-3H3. The van der Waals surface area contributed by atoms with E-state index in [0.717, 1.165) is 30.3 Å². The summed E-state index contributed by atoms with van der Waals surface area (Å²) in [7, 11) is 4.74. The van der Waals surface area contributed by atoms with Gasteiger partial charge >= 0.3 is 5.97 Å². The van der Waals surface area contributed by atoms with Crippen molar-refractivity contribution in [1.82, 2.24) is 14.5 Å².